The van der Waals surface area contributed by atoms with E-state index in [-0.39, 0.29) is 6.61 Å². The summed E-state index contributed by atoms with van der Waals surface area (Å²) < 4.78 is 40.3. The van der Waals surface area contributed by atoms with Gasteiger partial charge in [-0.15, -0.1) is 0 Å². The number of hydrogen-bond acceptors (Lipinski definition) is 1. The van der Waals surface area contributed by atoms with Gasteiger partial charge in [0, 0.05) is 17.0 Å². The van der Waals surface area contributed by atoms with Gasteiger partial charge in [0.05, 0.1) is 0 Å². The molecule has 1 aromatic rings. The minimum absolute atomic E-state index is 0.130. The van der Waals surface area contributed by atoms with Gasteiger partial charge in [-0.25, -0.2) is 0 Å². The van der Waals surface area contributed by atoms with Gasteiger partial charge in [0.15, 0.2) is 0 Å². The van der Waals surface area contributed by atoms with Gasteiger partial charge >= 0.3 is 6.18 Å². The van der Waals surface area contributed by atoms with E-state index in [0.29, 0.717) is 12.3 Å². The van der Waals surface area contributed by atoms with Crippen molar-refractivity contribution >= 4 is 27.5 Å². The minimum Gasteiger partial charge on any atom is -0.372 e. The van der Waals surface area contributed by atoms with Crippen LogP contribution in [0.4, 0.5) is 13.2 Å². The Labute approximate surface area is 130 Å². The van der Waals surface area contributed by atoms with Crippen molar-refractivity contribution in [3.05, 3.63) is 34.9 Å². The van der Waals surface area contributed by atoms with Crippen LogP contribution in [0.5, 0.6) is 0 Å². The molecular formula is C14H17BrClF3O. The maximum atomic E-state index is 11.9. The third-order valence-corrected chi connectivity index (χ3v) is 4.14. The van der Waals surface area contributed by atoms with Crippen molar-refractivity contribution in [2.45, 2.75) is 25.4 Å². The van der Waals surface area contributed by atoms with Crippen molar-refractivity contribution < 1.29 is 17.9 Å². The van der Waals surface area contributed by atoms with Gasteiger partial charge in [-0.1, -0.05) is 45.7 Å². The molecule has 6 heteroatoms. The van der Waals surface area contributed by atoms with Crippen molar-refractivity contribution in [3.63, 3.8) is 0 Å². The van der Waals surface area contributed by atoms with Gasteiger partial charge in [0.2, 0.25) is 0 Å². The summed E-state index contributed by atoms with van der Waals surface area (Å²) in [4.78, 5) is 0. The van der Waals surface area contributed by atoms with Crippen molar-refractivity contribution in [2.75, 3.05) is 18.5 Å². The highest BCUT2D eigenvalue weighted by Gasteiger charge is 2.27. The highest BCUT2D eigenvalue weighted by atomic mass is 79.9. The maximum Gasteiger partial charge on any atom is 0.411 e. The molecule has 0 spiro atoms. The van der Waals surface area contributed by atoms with E-state index in [4.69, 9.17) is 11.6 Å². The van der Waals surface area contributed by atoms with Crippen molar-refractivity contribution in [2.24, 2.45) is 5.92 Å². The van der Waals surface area contributed by atoms with Gasteiger partial charge in [-0.05, 0) is 36.8 Å². The Morgan fingerprint density at radius 3 is 2.55 bits per heavy atom. The van der Waals surface area contributed by atoms with E-state index < -0.39 is 12.8 Å². The van der Waals surface area contributed by atoms with Crippen molar-refractivity contribution in [1.29, 1.82) is 0 Å². The Balaban J connectivity index is 2.28. The second-order valence-electron chi connectivity index (χ2n) is 4.63. The number of halogens is 5. The zero-order chi connectivity index (χ0) is 15.0. The van der Waals surface area contributed by atoms with Crippen LogP contribution in [0.3, 0.4) is 0 Å². The fourth-order valence-electron chi connectivity index (χ4n) is 1.87. The van der Waals surface area contributed by atoms with E-state index in [2.05, 4.69) is 20.7 Å². The first-order chi connectivity index (χ1) is 9.42. The number of hydrogen-bond donors (Lipinski definition) is 0. The standard InChI is InChI=1S/C14H17BrClF3O/c15-9-11(4-3-7-20-10-14(17,18)19)8-12-5-1-2-6-13(12)16/h1-2,5-6,11H,3-4,7-10H2. The summed E-state index contributed by atoms with van der Waals surface area (Å²) in [5.41, 5.74) is 1.06. The molecule has 1 atom stereocenters. The Hall–Kier alpha value is -0.260. The smallest absolute Gasteiger partial charge is 0.372 e. The van der Waals surface area contributed by atoms with Crippen LogP contribution < -0.4 is 0 Å². The number of rotatable bonds is 8. The second-order valence-corrected chi connectivity index (χ2v) is 5.68. The average molecular weight is 374 g/mol. The molecule has 0 bridgehead atoms. The molecule has 0 fully saturated rings. The second kappa shape index (κ2) is 8.90. The first-order valence-electron chi connectivity index (χ1n) is 6.36. The van der Waals surface area contributed by atoms with Gasteiger partial charge < -0.3 is 4.74 Å². The summed E-state index contributed by atoms with van der Waals surface area (Å²) in [6, 6.07) is 7.62. The van der Waals surface area contributed by atoms with Crippen LogP contribution in [0.2, 0.25) is 5.02 Å². The molecule has 0 N–H and O–H groups in total. The topological polar surface area (TPSA) is 9.23 Å². The summed E-state index contributed by atoms with van der Waals surface area (Å²) in [5, 5.41) is 1.52. The summed E-state index contributed by atoms with van der Waals surface area (Å²) in [5.74, 6) is 0.337. The third kappa shape index (κ3) is 7.50. The van der Waals surface area contributed by atoms with Crippen LogP contribution in [-0.2, 0) is 11.2 Å². The van der Waals surface area contributed by atoms with E-state index in [9.17, 15) is 13.2 Å². The normalized spacial score (nSPS) is 13.4. The van der Waals surface area contributed by atoms with Crippen LogP contribution in [0.15, 0.2) is 24.3 Å². The highest BCUT2D eigenvalue weighted by molar-refractivity contribution is 9.09. The van der Waals surface area contributed by atoms with Crippen LogP contribution >= 0.6 is 27.5 Å². The molecule has 0 heterocycles. The molecule has 0 aliphatic heterocycles. The summed E-state index contributed by atoms with van der Waals surface area (Å²) >= 11 is 9.53. The molecule has 20 heavy (non-hydrogen) atoms. The summed E-state index contributed by atoms with van der Waals surface area (Å²) in [7, 11) is 0. The molecule has 0 aliphatic rings. The predicted octanol–water partition coefficient (Wildman–Crippen LogP) is 5.25. The summed E-state index contributed by atoms with van der Waals surface area (Å²) in [6.45, 7) is -1.04. The zero-order valence-corrected chi connectivity index (χ0v) is 13.3. The number of ether oxygens (including phenoxy) is 1. The van der Waals surface area contributed by atoms with E-state index in [1.54, 1.807) is 0 Å². The van der Waals surface area contributed by atoms with E-state index in [0.717, 1.165) is 28.8 Å². The highest BCUT2D eigenvalue weighted by Crippen LogP contribution is 2.22. The minimum atomic E-state index is -4.24. The fourth-order valence-corrected chi connectivity index (χ4v) is 2.64. The Morgan fingerprint density at radius 1 is 1.25 bits per heavy atom. The summed E-state index contributed by atoms with van der Waals surface area (Å²) in [6.07, 6.45) is -2.03. The lowest BCUT2D eigenvalue weighted by atomic mass is 9.97. The molecule has 1 aromatic carbocycles. The lowest BCUT2D eigenvalue weighted by Crippen LogP contribution is -2.17. The monoisotopic (exact) mass is 372 g/mol. The van der Waals surface area contributed by atoms with E-state index in [1.807, 2.05) is 24.3 Å². The molecule has 0 radical (unpaired) electrons. The predicted molar refractivity (Wildman–Crippen MR) is 78.5 cm³/mol. The number of benzene rings is 1. The molecule has 0 amide bonds. The lowest BCUT2D eigenvalue weighted by Gasteiger charge is -2.15. The van der Waals surface area contributed by atoms with Crippen LogP contribution in [0, 0.1) is 5.92 Å². The van der Waals surface area contributed by atoms with Crippen LogP contribution in [0.25, 0.3) is 0 Å². The fraction of sp³-hybridized carbons (Fsp3) is 0.571. The molecule has 1 rings (SSSR count). The SMILES string of the molecule is FC(F)(F)COCCCC(CBr)Cc1ccccc1Cl. The van der Waals surface area contributed by atoms with Gasteiger partial charge in [0.1, 0.15) is 6.61 Å². The molecule has 0 saturated heterocycles. The Morgan fingerprint density at radius 2 is 1.95 bits per heavy atom. The first kappa shape index (κ1) is 17.8. The van der Waals surface area contributed by atoms with Crippen molar-refractivity contribution in [3.8, 4) is 0 Å². The molecule has 0 aliphatic carbocycles. The van der Waals surface area contributed by atoms with Gasteiger partial charge in [0.25, 0.3) is 0 Å². The number of alkyl halides is 4. The van der Waals surface area contributed by atoms with Crippen LogP contribution in [-0.4, -0.2) is 24.7 Å². The average Bonchev–Trinajstić information content (AvgIpc) is 2.38. The van der Waals surface area contributed by atoms with E-state index in [1.165, 1.54) is 0 Å². The maximum absolute atomic E-state index is 11.9. The largest absolute Gasteiger partial charge is 0.411 e. The Kier molecular flexibility index (Phi) is 7.92. The quantitative estimate of drug-likeness (QED) is 0.446. The van der Waals surface area contributed by atoms with Crippen molar-refractivity contribution in [1.82, 2.24) is 0 Å². The zero-order valence-electron chi connectivity index (χ0n) is 10.9. The lowest BCUT2D eigenvalue weighted by molar-refractivity contribution is -0.174. The van der Waals surface area contributed by atoms with E-state index >= 15 is 0 Å². The Bertz CT molecular complexity index is 398. The molecule has 0 aromatic heterocycles. The van der Waals surface area contributed by atoms with Gasteiger partial charge in [-0.3, -0.25) is 0 Å². The molecule has 114 valence electrons. The van der Waals surface area contributed by atoms with Gasteiger partial charge in [-0.2, -0.15) is 13.2 Å². The first-order valence-corrected chi connectivity index (χ1v) is 7.86. The molecule has 0 saturated carbocycles. The molecule has 1 nitrogen and oxygen atoms in total. The molecular weight excluding hydrogens is 357 g/mol. The third-order valence-electron chi connectivity index (χ3n) is 2.85. The van der Waals surface area contributed by atoms with Crippen LogP contribution in [0.1, 0.15) is 18.4 Å². The molecule has 1 unspecified atom stereocenters.